The molecule has 90 valence electrons. The van der Waals surface area contributed by atoms with Gasteiger partial charge >= 0.3 is 0 Å². The number of aliphatic hydroxyl groups is 1. The third kappa shape index (κ3) is 3.05. The van der Waals surface area contributed by atoms with Gasteiger partial charge in [-0.25, -0.2) is 0 Å². The SMILES string of the molecule is C/C=C/C(CC)(C(C)O)C(N)C(C)(C)C. The van der Waals surface area contributed by atoms with E-state index >= 15 is 0 Å². The Hall–Kier alpha value is -0.340. The van der Waals surface area contributed by atoms with E-state index in [-0.39, 0.29) is 16.9 Å². The van der Waals surface area contributed by atoms with Crippen LogP contribution in [0.5, 0.6) is 0 Å². The smallest absolute Gasteiger partial charge is 0.0617 e. The summed E-state index contributed by atoms with van der Waals surface area (Å²) in [6.45, 7) is 12.2. The van der Waals surface area contributed by atoms with Gasteiger partial charge in [0, 0.05) is 11.5 Å². The van der Waals surface area contributed by atoms with Gasteiger partial charge in [0.25, 0.3) is 0 Å². The molecule has 2 nitrogen and oxygen atoms in total. The van der Waals surface area contributed by atoms with Gasteiger partial charge < -0.3 is 10.8 Å². The minimum atomic E-state index is -0.423. The van der Waals surface area contributed by atoms with Gasteiger partial charge in [-0.05, 0) is 25.7 Å². The largest absolute Gasteiger partial charge is 0.392 e. The lowest BCUT2D eigenvalue weighted by molar-refractivity contribution is 0.0202. The van der Waals surface area contributed by atoms with Crippen molar-refractivity contribution >= 4 is 0 Å². The molecule has 0 heterocycles. The molecule has 3 unspecified atom stereocenters. The van der Waals surface area contributed by atoms with Gasteiger partial charge in [-0.15, -0.1) is 0 Å². The average molecular weight is 213 g/mol. The number of rotatable bonds is 4. The molecule has 0 saturated heterocycles. The van der Waals surface area contributed by atoms with E-state index < -0.39 is 6.10 Å². The second-order valence-electron chi connectivity index (χ2n) is 5.49. The van der Waals surface area contributed by atoms with E-state index in [0.717, 1.165) is 6.42 Å². The summed E-state index contributed by atoms with van der Waals surface area (Å²) >= 11 is 0. The van der Waals surface area contributed by atoms with Crippen molar-refractivity contribution in [2.45, 2.75) is 60.1 Å². The van der Waals surface area contributed by atoms with E-state index in [2.05, 4.69) is 33.8 Å². The molecule has 0 bridgehead atoms. The standard InChI is InChI=1S/C13H27NO/c1-7-9-13(8-2,10(3)15)11(14)12(4,5)6/h7,9-11,15H,8,14H2,1-6H3/b9-7+. The molecule has 0 aromatic rings. The van der Waals surface area contributed by atoms with Crippen molar-refractivity contribution in [3.05, 3.63) is 12.2 Å². The normalized spacial score (nSPS) is 21.3. The van der Waals surface area contributed by atoms with Gasteiger partial charge in [-0.2, -0.15) is 0 Å². The van der Waals surface area contributed by atoms with Crippen LogP contribution in [0.2, 0.25) is 0 Å². The topological polar surface area (TPSA) is 46.2 Å². The zero-order chi connectivity index (χ0) is 12.3. The molecule has 15 heavy (non-hydrogen) atoms. The minimum Gasteiger partial charge on any atom is -0.392 e. The monoisotopic (exact) mass is 213 g/mol. The first-order valence-corrected chi connectivity index (χ1v) is 5.79. The molecule has 2 heteroatoms. The van der Waals surface area contributed by atoms with Crippen LogP contribution in [-0.2, 0) is 0 Å². The Morgan fingerprint density at radius 1 is 1.33 bits per heavy atom. The van der Waals surface area contributed by atoms with Crippen molar-refractivity contribution in [1.29, 1.82) is 0 Å². The van der Waals surface area contributed by atoms with Crippen molar-refractivity contribution in [2.24, 2.45) is 16.6 Å². The second kappa shape index (κ2) is 5.13. The number of allylic oxidation sites excluding steroid dienone is 1. The van der Waals surface area contributed by atoms with Crippen molar-refractivity contribution in [3.63, 3.8) is 0 Å². The fourth-order valence-electron chi connectivity index (χ4n) is 2.25. The van der Waals surface area contributed by atoms with E-state index in [9.17, 15) is 5.11 Å². The lowest BCUT2D eigenvalue weighted by atomic mass is 9.65. The highest BCUT2D eigenvalue weighted by atomic mass is 16.3. The first kappa shape index (κ1) is 14.7. The minimum absolute atomic E-state index is 0.00743. The lowest BCUT2D eigenvalue weighted by Gasteiger charge is -2.45. The molecule has 3 atom stereocenters. The first-order valence-electron chi connectivity index (χ1n) is 5.79. The molecule has 0 aliphatic carbocycles. The van der Waals surface area contributed by atoms with Crippen molar-refractivity contribution in [1.82, 2.24) is 0 Å². The number of nitrogens with two attached hydrogens (primary N) is 1. The maximum atomic E-state index is 10.00. The summed E-state index contributed by atoms with van der Waals surface area (Å²) in [7, 11) is 0. The molecule has 0 aliphatic rings. The third-order valence-corrected chi connectivity index (χ3v) is 3.38. The summed E-state index contributed by atoms with van der Waals surface area (Å²) in [4.78, 5) is 0. The fraction of sp³-hybridized carbons (Fsp3) is 0.846. The molecule has 0 radical (unpaired) electrons. The highest BCUT2D eigenvalue weighted by Gasteiger charge is 2.42. The van der Waals surface area contributed by atoms with Crippen molar-refractivity contribution < 1.29 is 5.11 Å². The Labute approximate surface area is 94.6 Å². The highest BCUT2D eigenvalue weighted by molar-refractivity contribution is 5.09. The van der Waals surface area contributed by atoms with Gasteiger partial charge in [0.2, 0.25) is 0 Å². The summed E-state index contributed by atoms with van der Waals surface area (Å²) in [5.74, 6) is 0. The Morgan fingerprint density at radius 2 is 1.80 bits per heavy atom. The molecule has 0 spiro atoms. The third-order valence-electron chi connectivity index (χ3n) is 3.38. The van der Waals surface area contributed by atoms with Crippen LogP contribution in [0, 0.1) is 10.8 Å². The van der Waals surface area contributed by atoms with Gasteiger partial charge in [-0.3, -0.25) is 0 Å². The number of hydrogen-bond donors (Lipinski definition) is 2. The highest BCUT2D eigenvalue weighted by Crippen LogP contribution is 2.39. The van der Waals surface area contributed by atoms with Crippen LogP contribution in [0.4, 0.5) is 0 Å². The average Bonchev–Trinajstić information content (AvgIpc) is 2.11. The van der Waals surface area contributed by atoms with Crippen molar-refractivity contribution in [2.75, 3.05) is 0 Å². The van der Waals surface area contributed by atoms with E-state index in [1.807, 2.05) is 19.9 Å². The van der Waals surface area contributed by atoms with Gasteiger partial charge in [0.05, 0.1) is 6.10 Å². The first-order chi connectivity index (χ1) is 6.72. The summed E-state index contributed by atoms with van der Waals surface area (Å²) in [5.41, 5.74) is 6.00. The molecule has 0 rings (SSSR count). The Kier molecular flexibility index (Phi) is 5.01. The van der Waals surface area contributed by atoms with Crippen LogP contribution in [0.3, 0.4) is 0 Å². The van der Waals surface area contributed by atoms with E-state index in [4.69, 9.17) is 5.73 Å². The Balaban J connectivity index is 5.25. The van der Waals surface area contributed by atoms with E-state index in [0.29, 0.717) is 0 Å². The van der Waals surface area contributed by atoms with Crippen LogP contribution in [0.1, 0.15) is 48.0 Å². The molecular weight excluding hydrogens is 186 g/mol. The lowest BCUT2D eigenvalue weighted by Crippen LogP contribution is -2.53. The maximum Gasteiger partial charge on any atom is 0.0617 e. The van der Waals surface area contributed by atoms with Crippen molar-refractivity contribution in [3.8, 4) is 0 Å². The molecular formula is C13H27NO. The van der Waals surface area contributed by atoms with Crippen LogP contribution >= 0.6 is 0 Å². The van der Waals surface area contributed by atoms with Crippen LogP contribution < -0.4 is 5.73 Å². The zero-order valence-electron chi connectivity index (χ0n) is 11.0. The van der Waals surface area contributed by atoms with E-state index in [1.165, 1.54) is 0 Å². The molecule has 0 fully saturated rings. The van der Waals surface area contributed by atoms with Gasteiger partial charge in [0.15, 0.2) is 0 Å². The quantitative estimate of drug-likeness (QED) is 0.705. The summed E-state index contributed by atoms with van der Waals surface area (Å²) in [6.07, 6.45) is 4.48. The van der Waals surface area contributed by atoms with Crippen LogP contribution in [0.25, 0.3) is 0 Å². The zero-order valence-corrected chi connectivity index (χ0v) is 11.0. The molecule has 0 aromatic carbocycles. The number of hydrogen-bond acceptors (Lipinski definition) is 2. The Morgan fingerprint density at radius 3 is 2.00 bits per heavy atom. The maximum absolute atomic E-state index is 10.00. The summed E-state index contributed by atoms with van der Waals surface area (Å²) in [6, 6.07) is -0.0498. The van der Waals surface area contributed by atoms with Gasteiger partial charge in [0.1, 0.15) is 0 Å². The second-order valence-corrected chi connectivity index (χ2v) is 5.49. The van der Waals surface area contributed by atoms with Crippen LogP contribution in [0.15, 0.2) is 12.2 Å². The molecule has 3 N–H and O–H groups in total. The predicted octanol–water partition coefficient (Wildman–Crippen LogP) is 2.71. The van der Waals surface area contributed by atoms with Crippen LogP contribution in [-0.4, -0.2) is 17.3 Å². The fourth-order valence-corrected chi connectivity index (χ4v) is 2.25. The number of aliphatic hydroxyl groups excluding tert-OH is 1. The van der Waals surface area contributed by atoms with E-state index in [1.54, 1.807) is 0 Å². The van der Waals surface area contributed by atoms with Gasteiger partial charge in [-0.1, -0.05) is 39.8 Å². The molecule has 0 amide bonds. The Bertz CT molecular complexity index is 215. The molecule has 0 aliphatic heterocycles. The molecule has 0 saturated carbocycles. The summed E-state index contributed by atoms with van der Waals surface area (Å²) < 4.78 is 0. The summed E-state index contributed by atoms with van der Waals surface area (Å²) in [5, 5.41) is 10.00. The molecule has 0 aromatic heterocycles. The predicted molar refractivity (Wildman–Crippen MR) is 66.6 cm³/mol.